The molecule has 4 aromatic heterocycles. The quantitative estimate of drug-likeness (QED) is 0.147. The molecule has 0 spiro atoms. The maximum Gasteiger partial charge on any atom is 0.423 e. The predicted octanol–water partition coefficient (Wildman–Crippen LogP) is 6.86. The van der Waals surface area contributed by atoms with Gasteiger partial charge in [-0.25, -0.2) is 23.5 Å². The van der Waals surface area contributed by atoms with E-state index in [1.165, 1.54) is 36.4 Å². The predicted molar refractivity (Wildman–Crippen MR) is 210 cm³/mol. The number of Topliss-reactive ketones (excluding diaryl/α,β-unsaturated/α-hetero) is 1. The lowest BCUT2D eigenvalue weighted by atomic mass is 10.0. The van der Waals surface area contributed by atoms with Gasteiger partial charge < -0.3 is 23.3 Å². The largest absolute Gasteiger partial charge is 0.489 e. The molecule has 2 aliphatic rings. The average Bonchev–Trinajstić information content (AvgIpc) is 3.88. The molecule has 6 heterocycles. The van der Waals surface area contributed by atoms with Crippen molar-refractivity contribution in [3.05, 3.63) is 138 Å². The number of carbonyl (C=O) groups excluding carboxylic acids is 3. The lowest BCUT2D eigenvalue weighted by Crippen LogP contribution is -2.41. The van der Waals surface area contributed by atoms with Gasteiger partial charge in [-0.2, -0.15) is 4.90 Å². The lowest BCUT2D eigenvalue weighted by Gasteiger charge is -2.26. The summed E-state index contributed by atoms with van der Waals surface area (Å²) in [4.78, 5) is 49.1. The highest BCUT2D eigenvalue weighted by molar-refractivity contribution is 6.19. The Bertz CT molecular complexity index is 2580. The Morgan fingerprint density at radius 2 is 1.27 bits per heavy atom. The zero-order chi connectivity index (χ0) is 41.5. The molecule has 15 nitrogen and oxygen atoms in total. The van der Waals surface area contributed by atoms with E-state index in [9.17, 15) is 23.2 Å². The number of imide groups is 1. The molecule has 2 amide bonds. The third kappa shape index (κ3) is 9.58. The number of benzene rings is 2. The van der Waals surface area contributed by atoms with E-state index in [0.29, 0.717) is 47.6 Å². The van der Waals surface area contributed by atoms with Gasteiger partial charge >= 0.3 is 6.09 Å². The van der Waals surface area contributed by atoms with Crippen LogP contribution in [0.4, 0.5) is 19.4 Å². The number of carbonyl (C=O) groups is 3. The molecular weight excluding hydrogens is 765 g/mol. The van der Waals surface area contributed by atoms with Crippen LogP contribution in [0.5, 0.6) is 11.5 Å². The SMILES string of the molecule is CC(C)(C)OC(=O)N1C(=O)c2cc(F)ccc2OC/C=C/Cn2cnnc2-c2cccc1n2.O=C1Cc2cccc(n2)-c2nncn2C/C=C\COc2ccc(F)cc21. The first-order valence-corrected chi connectivity index (χ1v) is 18.4. The molecular formula is C42H37F2N9O6. The van der Waals surface area contributed by atoms with Crippen molar-refractivity contribution >= 4 is 23.6 Å². The van der Waals surface area contributed by atoms with E-state index in [1.54, 1.807) is 62.3 Å². The number of anilines is 1. The smallest absolute Gasteiger partial charge is 0.423 e. The number of nitrogens with zero attached hydrogens (tertiary/aromatic N) is 9. The van der Waals surface area contributed by atoms with Crippen LogP contribution in [0.25, 0.3) is 23.0 Å². The van der Waals surface area contributed by atoms with Crippen molar-refractivity contribution in [3.63, 3.8) is 0 Å². The van der Waals surface area contributed by atoms with Crippen molar-refractivity contribution in [2.75, 3.05) is 18.1 Å². The van der Waals surface area contributed by atoms with Crippen LogP contribution in [0.3, 0.4) is 0 Å². The number of halogens is 2. The molecule has 17 heteroatoms. The molecule has 300 valence electrons. The van der Waals surface area contributed by atoms with Gasteiger partial charge in [0.25, 0.3) is 5.91 Å². The summed E-state index contributed by atoms with van der Waals surface area (Å²) < 4.78 is 48.2. The standard InChI is InChI=1S/C23H22FN5O4.C19H15FN4O2/c1-23(2,3)33-22(31)29-19-8-6-7-17(26-19)20-27-25-14-28(20)11-4-5-12-32-18-10-9-15(24)13-16(18)21(29)30;20-13-6-7-18-15(10-13)17(25)11-14-4-3-5-16(22-14)19-23-21-12-24(19)8-1-2-9-26-18/h4-10,13-14H,11-12H2,1-3H3;1-7,10,12H,8-9,11H2/b5-4+;2-1-. The molecule has 59 heavy (non-hydrogen) atoms. The molecule has 0 fully saturated rings. The van der Waals surface area contributed by atoms with Crippen molar-refractivity contribution in [2.45, 2.75) is 45.9 Å². The van der Waals surface area contributed by atoms with Crippen LogP contribution in [-0.4, -0.2) is 76.1 Å². The van der Waals surface area contributed by atoms with Crippen LogP contribution >= 0.6 is 0 Å². The molecule has 2 aromatic carbocycles. The van der Waals surface area contributed by atoms with E-state index in [-0.39, 0.29) is 48.1 Å². The Balaban J connectivity index is 0.000000184. The van der Waals surface area contributed by atoms with Crippen LogP contribution < -0.4 is 14.4 Å². The number of hydrogen-bond acceptors (Lipinski definition) is 12. The minimum Gasteiger partial charge on any atom is -0.489 e. The minimum absolute atomic E-state index is 0.0101. The highest BCUT2D eigenvalue weighted by atomic mass is 19.1. The Morgan fingerprint density at radius 1 is 0.712 bits per heavy atom. The maximum absolute atomic E-state index is 14.1. The van der Waals surface area contributed by atoms with Gasteiger partial charge in [0.05, 0.1) is 17.5 Å². The summed E-state index contributed by atoms with van der Waals surface area (Å²) >= 11 is 0. The molecule has 6 aromatic rings. The van der Waals surface area contributed by atoms with Crippen LogP contribution in [0.2, 0.25) is 0 Å². The number of fused-ring (bicyclic) bond motifs is 10. The van der Waals surface area contributed by atoms with Gasteiger partial charge in [-0.1, -0.05) is 24.3 Å². The van der Waals surface area contributed by atoms with Crippen molar-refractivity contribution in [3.8, 4) is 34.5 Å². The molecule has 0 N–H and O–H groups in total. The normalized spacial score (nSPS) is 15.2. The Morgan fingerprint density at radius 3 is 1.88 bits per heavy atom. The minimum atomic E-state index is -0.958. The number of aromatic nitrogens is 8. The second-order valence-electron chi connectivity index (χ2n) is 14.1. The first kappa shape index (κ1) is 39.8. The van der Waals surface area contributed by atoms with Gasteiger partial charge in [-0.05, 0) is 93.6 Å². The summed E-state index contributed by atoms with van der Waals surface area (Å²) in [5, 5.41) is 16.1. The van der Waals surface area contributed by atoms with Crippen LogP contribution in [-0.2, 0) is 24.2 Å². The van der Waals surface area contributed by atoms with E-state index in [1.807, 2.05) is 34.9 Å². The molecule has 2 aliphatic heterocycles. The molecule has 0 aliphatic carbocycles. The molecule has 0 atom stereocenters. The van der Waals surface area contributed by atoms with Crippen LogP contribution in [0.15, 0.2) is 110 Å². The van der Waals surface area contributed by atoms with Crippen molar-refractivity contribution in [2.24, 2.45) is 0 Å². The summed E-state index contributed by atoms with van der Waals surface area (Å²) in [5.74, 6) is -0.692. The van der Waals surface area contributed by atoms with Gasteiger partial charge in [0, 0.05) is 18.8 Å². The van der Waals surface area contributed by atoms with Gasteiger partial charge in [-0.15, -0.1) is 20.4 Å². The molecule has 4 bridgehead atoms. The van der Waals surface area contributed by atoms with Crippen molar-refractivity contribution in [1.29, 1.82) is 0 Å². The Kier molecular flexibility index (Phi) is 11.7. The van der Waals surface area contributed by atoms with Gasteiger partial charge in [0.2, 0.25) is 0 Å². The monoisotopic (exact) mass is 801 g/mol. The summed E-state index contributed by atoms with van der Waals surface area (Å²) in [6.45, 7) is 6.43. The summed E-state index contributed by atoms with van der Waals surface area (Å²) in [7, 11) is 0. The number of rotatable bonds is 0. The highest BCUT2D eigenvalue weighted by Crippen LogP contribution is 2.28. The fourth-order valence-corrected chi connectivity index (χ4v) is 5.95. The van der Waals surface area contributed by atoms with Crippen LogP contribution in [0, 0.1) is 11.6 Å². The highest BCUT2D eigenvalue weighted by Gasteiger charge is 2.33. The van der Waals surface area contributed by atoms with Crippen LogP contribution in [0.1, 0.15) is 47.2 Å². The van der Waals surface area contributed by atoms with Gasteiger partial charge in [-0.3, -0.25) is 9.59 Å². The van der Waals surface area contributed by atoms with E-state index in [0.717, 1.165) is 11.0 Å². The fourth-order valence-electron chi connectivity index (χ4n) is 5.95. The zero-order valence-electron chi connectivity index (χ0n) is 32.2. The van der Waals surface area contributed by atoms with Crippen molar-refractivity contribution in [1.82, 2.24) is 39.5 Å². The lowest BCUT2D eigenvalue weighted by molar-refractivity contribution is 0.0562. The number of hydrogen-bond donors (Lipinski definition) is 0. The zero-order valence-corrected chi connectivity index (χ0v) is 32.2. The fraction of sp³-hybridized carbons (Fsp3) is 0.214. The average molecular weight is 802 g/mol. The third-order valence-electron chi connectivity index (χ3n) is 8.60. The number of pyridine rings is 2. The van der Waals surface area contributed by atoms with E-state index in [4.69, 9.17) is 14.2 Å². The first-order valence-electron chi connectivity index (χ1n) is 18.4. The topological polar surface area (TPSA) is 169 Å². The molecule has 0 unspecified atom stereocenters. The number of ether oxygens (including phenoxy) is 3. The van der Waals surface area contributed by atoms with E-state index < -0.39 is 29.2 Å². The molecule has 0 saturated heterocycles. The Hall–Kier alpha value is -7.43. The number of amides is 2. The van der Waals surface area contributed by atoms with E-state index >= 15 is 0 Å². The Labute approximate surface area is 336 Å². The second-order valence-corrected chi connectivity index (χ2v) is 14.1. The summed E-state index contributed by atoms with van der Waals surface area (Å²) in [5.41, 5.74) is 0.791. The molecule has 8 rings (SSSR count). The second kappa shape index (κ2) is 17.4. The molecule has 0 saturated carbocycles. The first-order chi connectivity index (χ1) is 28.4. The third-order valence-corrected chi connectivity index (χ3v) is 8.60. The number of ketones is 1. The molecule has 0 radical (unpaired) electrons. The summed E-state index contributed by atoms with van der Waals surface area (Å²) in [6, 6.07) is 17.7. The van der Waals surface area contributed by atoms with Gasteiger partial charge in [0.1, 0.15) is 71.8 Å². The maximum atomic E-state index is 14.1. The van der Waals surface area contributed by atoms with E-state index in [2.05, 4.69) is 30.4 Å². The van der Waals surface area contributed by atoms with Gasteiger partial charge in [0.15, 0.2) is 17.4 Å². The summed E-state index contributed by atoms with van der Waals surface area (Å²) in [6.07, 6.45) is 9.60. The number of allylic oxidation sites excluding steroid dienone is 2. The van der Waals surface area contributed by atoms with Crippen molar-refractivity contribution < 1.29 is 37.4 Å².